The van der Waals surface area contributed by atoms with Crippen LogP contribution in [0, 0.1) is 0 Å². The first-order chi connectivity index (χ1) is 35.6. The number of nitrogens with one attached hydrogen (secondary N) is 1. The molecule has 1 amide bonds. The Morgan fingerprint density at radius 3 is 1.14 bits per heavy atom. The monoisotopic (exact) mass is 1080 g/mol. The summed E-state index contributed by atoms with van der Waals surface area (Å²) in [6.45, 7) is 3.67. The maximum absolute atomic E-state index is 13.1. The number of hydrogen-bond donors (Lipinski definition) is 5. The van der Waals surface area contributed by atoms with Gasteiger partial charge in [-0.3, -0.25) is 57.4 Å². The fourth-order valence-electron chi connectivity index (χ4n) is 8.80. The van der Waals surface area contributed by atoms with Crippen LogP contribution in [0.15, 0.2) is 0 Å². The number of amides is 1. The Balaban J connectivity index is 2.68. The van der Waals surface area contributed by atoms with Gasteiger partial charge in [-0.05, 0) is 12.8 Å². The zero-order valence-corrected chi connectivity index (χ0v) is 46.6. The van der Waals surface area contributed by atoms with Gasteiger partial charge in [0.25, 0.3) is 0 Å². The molecule has 0 bridgehead atoms. The number of carbonyl (C=O) groups excluding carboxylic acids is 3. The largest absolute Gasteiger partial charge is 0.480 e. The molecule has 1 unspecified atom stereocenters. The second kappa shape index (κ2) is 45.9. The van der Waals surface area contributed by atoms with Gasteiger partial charge in [-0.2, -0.15) is 0 Å². The van der Waals surface area contributed by atoms with E-state index in [1.807, 2.05) is 0 Å². The number of phosphoric acid groups is 1. The number of ether oxygens (including phenoxy) is 2. The van der Waals surface area contributed by atoms with E-state index in [1.165, 1.54) is 116 Å². The number of rotatable bonds is 46. The Morgan fingerprint density at radius 1 is 0.459 bits per heavy atom. The van der Waals surface area contributed by atoms with Crippen LogP contribution in [0.4, 0.5) is 0 Å². The molecule has 1 aliphatic rings. The Hall–Kier alpha value is -3.23. The highest BCUT2D eigenvalue weighted by molar-refractivity contribution is 7.47. The zero-order valence-electron chi connectivity index (χ0n) is 45.7. The summed E-state index contributed by atoms with van der Waals surface area (Å²) in [5.41, 5.74) is 0. The first-order valence-corrected chi connectivity index (χ1v) is 29.9. The molecule has 5 N–H and O–H groups in total. The molecular formula is C53H100N5O15P. The fourth-order valence-corrected chi connectivity index (χ4v) is 9.55. The Morgan fingerprint density at radius 2 is 0.784 bits per heavy atom. The average Bonchev–Trinajstić information content (AvgIpc) is 3.34. The molecule has 74 heavy (non-hydrogen) atoms. The Bertz CT molecular complexity index is 1520. The lowest BCUT2D eigenvalue weighted by molar-refractivity contribution is -0.161. The molecule has 1 heterocycles. The van der Waals surface area contributed by atoms with Gasteiger partial charge in [0, 0.05) is 71.7 Å². The van der Waals surface area contributed by atoms with Crippen LogP contribution >= 0.6 is 7.82 Å². The molecule has 0 radical (unpaired) electrons. The number of carbonyl (C=O) groups is 6. The van der Waals surface area contributed by atoms with Gasteiger partial charge >= 0.3 is 37.7 Å². The molecule has 0 saturated carbocycles. The van der Waals surface area contributed by atoms with E-state index in [1.54, 1.807) is 19.6 Å². The van der Waals surface area contributed by atoms with Gasteiger partial charge in [0.2, 0.25) is 5.91 Å². The van der Waals surface area contributed by atoms with Gasteiger partial charge in [-0.1, -0.05) is 168 Å². The molecule has 1 rings (SSSR count). The third-order valence-electron chi connectivity index (χ3n) is 13.2. The first kappa shape index (κ1) is 68.8. The molecule has 1 fully saturated rings. The average molecular weight is 1080 g/mol. The molecular weight excluding hydrogens is 978 g/mol. The summed E-state index contributed by atoms with van der Waals surface area (Å²) >= 11 is 0. The lowest BCUT2D eigenvalue weighted by Gasteiger charge is -2.32. The molecule has 0 aliphatic carbocycles. The summed E-state index contributed by atoms with van der Waals surface area (Å²) in [7, 11) is -4.74. The highest BCUT2D eigenvalue weighted by Gasteiger charge is 2.27. The molecule has 20 nitrogen and oxygen atoms in total. The van der Waals surface area contributed by atoms with Crippen LogP contribution in [0.1, 0.15) is 194 Å². The quantitative estimate of drug-likeness (QED) is 0.0219. The van der Waals surface area contributed by atoms with Crippen LogP contribution < -0.4 is 5.32 Å². The predicted molar refractivity (Wildman–Crippen MR) is 285 cm³/mol. The topological polar surface area (TPSA) is 262 Å². The summed E-state index contributed by atoms with van der Waals surface area (Å²) in [6.07, 6.45) is 29.5. The predicted octanol–water partition coefficient (Wildman–Crippen LogP) is 8.13. The van der Waals surface area contributed by atoms with E-state index < -0.39 is 62.9 Å². The van der Waals surface area contributed by atoms with Crippen LogP contribution in [0.2, 0.25) is 0 Å². The van der Waals surface area contributed by atoms with E-state index in [0.717, 1.165) is 38.5 Å². The summed E-state index contributed by atoms with van der Waals surface area (Å²) < 4.78 is 34.3. The van der Waals surface area contributed by atoms with E-state index in [0.29, 0.717) is 12.8 Å². The minimum Gasteiger partial charge on any atom is -0.480 e. The van der Waals surface area contributed by atoms with Gasteiger partial charge in [-0.15, -0.1) is 0 Å². The van der Waals surface area contributed by atoms with E-state index in [9.17, 15) is 53.5 Å². The molecule has 432 valence electrons. The maximum Gasteiger partial charge on any atom is 0.472 e. The zero-order chi connectivity index (χ0) is 54.5. The summed E-state index contributed by atoms with van der Waals surface area (Å²) in [5, 5.41) is 31.0. The van der Waals surface area contributed by atoms with Crippen LogP contribution in [0.5, 0.6) is 0 Å². The molecule has 0 aromatic heterocycles. The van der Waals surface area contributed by atoms with Crippen molar-refractivity contribution >= 4 is 43.6 Å². The Labute approximate surface area is 443 Å². The van der Waals surface area contributed by atoms with E-state index >= 15 is 0 Å². The van der Waals surface area contributed by atoms with Crippen molar-refractivity contribution < 1.29 is 72.1 Å². The SMILES string of the molecule is CCCCCCCCCCCCCCCC(=O)OC[C@H](COP(=O)(O)OCCNC(=O)CN1CCN(CC(=O)O)CCN(CC(=O)O)CCN(CC(=O)O)CC1)OC(=O)CCCCCCCCCCCCCCC. The second-order valence-corrected chi connectivity index (χ2v) is 21.5. The van der Waals surface area contributed by atoms with E-state index in [2.05, 4.69) is 19.2 Å². The van der Waals surface area contributed by atoms with Crippen molar-refractivity contribution in [2.75, 3.05) is 105 Å². The lowest BCUT2D eigenvalue weighted by atomic mass is 10.0. The second-order valence-electron chi connectivity index (χ2n) is 20.0. The normalized spacial score (nSPS) is 15.9. The third-order valence-corrected chi connectivity index (χ3v) is 14.2. The van der Waals surface area contributed by atoms with Crippen LogP contribution in [0.25, 0.3) is 0 Å². The number of hydrogen-bond acceptors (Lipinski definition) is 15. The standard InChI is InChI=1S/C53H100N5O15P/c1-3-5-7-9-11-13-15-17-19-21-23-25-27-29-52(66)70-45-47(73-53(67)30-28-26-24-22-20-18-16-14-12-10-8-6-4-2)46-72-74(68,69)71-40-31-54-48(59)41-55-32-34-56(42-49(60)61)36-38-58(44-51(64)65)39-37-57(35-33-55)43-50(62)63/h47H,3-46H2,1-2H3,(H,54,59)(H,60,61)(H,62,63)(H,64,65)(H,68,69)/t47-/m1/s1. The highest BCUT2D eigenvalue weighted by atomic mass is 31.2. The summed E-state index contributed by atoms with van der Waals surface area (Å²) in [5.74, 6) is -4.67. The van der Waals surface area contributed by atoms with Crippen molar-refractivity contribution in [2.45, 2.75) is 200 Å². The molecule has 21 heteroatoms. The van der Waals surface area contributed by atoms with E-state index in [4.69, 9.17) is 18.5 Å². The molecule has 1 aliphatic heterocycles. The smallest absolute Gasteiger partial charge is 0.472 e. The third kappa shape index (κ3) is 42.9. The number of carboxylic acids is 3. The van der Waals surface area contributed by atoms with Gasteiger partial charge < -0.3 is 35.0 Å². The minimum absolute atomic E-state index is 0.139. The van der Waals surface area contributed by atoms with Crippen LogP contribution in [0.3, 0.4) is 0 Å². The molecule has 2 atom stereocenters. The number of unbranched alkanes of at least 4 members (excludes halogenated alkanes) is 24. The number of nitrogens with zero attached hydrogens (tertiary/aromatic N) is 4. The molecule has 0 aromatic carbocycles. The van der Waals surface area contributed by atoms with Crippen molar-refractivity contribution in [1.82, 2.24) is 24.9 Å². The van der Waals surface area contributed by atoms with E-state index in [-0.39, 0.29) is 105 Å². The molecule has 0 aromatic rings. The number of phosphoric ester groups is 1. The van der Waals surface area contributed by atoms with Gasteiger partial charge in [0.15, 0.2) is 6.10 Å². The maximum atomic E-state index is 13.1. The number of esters is 2. The fraction of sp³-hybridized carbons (Fsp3) is 0.887. The summed E-state index contributed by atoms with van der Waals surface area (Å²) in [6, 6.07) is 0. The highest BCUT2D eigenvalue weighted by Crippen LogP contribution is 2.43. The van der Waals surface area contributed by atoms with Gasteiger partial charge in [-0.25, -0.2) is 4.57 Å². The number of aliphatic carboxylic acids is 3. The van der Waals surface area contributed by atoms with Crippen molar-refractivity contribution in [3.05, 3.63) is 0 Å². The van der Waals surface area contributed by atoms with Crippen LogP contribution in [-0.4, -0.2) is 187 Å². The van der Waals surface area contributed by atoms with Crippen LogP contribution in [-0.2, 0) is 51.9 Å². The first-order valence-electron chi connectivity index (χ1n) is 28.4. The van der Waals surface area contributed by atoms with Gasteiger partial charge in [0.05, 0.1) is 39.4 Å². The van der Waals surface area contributed by atoms with Crippen molar-refractivity contribution in [1.29, 1.82) is 0 Å². The van der Waals surface area contributed by atoms with Crippen molar-refractivity contribution in [3.63, 3.8) is 0 Å². The Kier molecular flexibility index (Phi) is 42.7. The van der Waals surface area contributed by atoms with Crippen molar-refractivity contribution in [3.8, 4) is 0 Å². The number of carboxylic acid groups (broad SMARTS) is 3. The minimum atomic E-state index is -4.74. The molecule has 1 saturated heterocycles. The summed E-state index contributed by atoms with van der Waals surface area (Å²) in [4.78, 5) is 90.6. The van der Waals surface area contributed by atoms with Gasteiger partial charge in [0.1, 0.15) is 6.61 Å². The van der Waals surface area contributed by atoms with Crippen molar-refractivity contribution in [2.24, 2.45) is 0 Å². The lowest BCUT2D eigenvalue weighted by Crippen LogP contribution is -2.50. The molecule has 0 spiro atoms.